The van der Waals surface area contributed by atoms with Crippen molar-refractivity contribution in [2.75, 3.05) is 26.4 Å². The molecule has 1 aliphatic heterocycles. The highest BCUT2D eigenvalue weighted by molar-refractivity contribution is 5.92. The molecular weight excluding hydrogens is 342 g/mol. The van der Waals surface area contributed by atoms with Crippen molar-refractivity contribution in [3.8, 4) is 17.2 Å². The van der Waals surface area contributed by atoms with Crippen molar-refractivity contribution in [2.45, 2.75) is 20.4 Å². The monoisotopic (exact) mass is 367 g/mol. The summed E-state index contributed by atoms with van der Waals surface area (Å²) in [6.07, 6.45) is 3.39. The molecule has 0 spiro atoms. The van der Waals surface area contributed by atoms with Crippen LogP contribution in [-0.2, 0) is 11.3 Å². The first-order valence-corrected chi connectivity index (χ1v) is 9.29. The minimum Gasteiger partial charge on any atom is -0.493 e. The Morgan fingerprint density at radius 1 is 1.11 bits per heavy atom. The fourth-order valence-corrected chi connectivity index (χ4v) is 2.98. The number of hydrogen-bond donors (Lipinski definition) is 0. The number of hydrogen-bond acceptors (Lipinski definition) is 4. The highest BCUT2D eigenvalue weighted by Gasteiger charge is 2.18. The molecule has 2 aromatic carbocycles. The Hall–Kier alpha value is -2.95. The fourth-order valence-electron chi connectivity index (χ4n) is 2.98. The van der Waals surface area contributed by atoms with E-state index in [1.54, 1.807) is 17.1 Å². The van der Waals surface area contributed by atoms with Gasteiger partial charge >= 0.3 is 0 Å². The van der Waals surface area contributed by atoms with Crippen LogP contribution >= 0.6 is 0 Å². The van der Waals surface area contributed by atoms with Gasteiger partial charge in [0.25, 0.3) is 0 Å². The first-order valence-electron chi connectivity index (χ1n) is 9.29. The van der Waals surface area contributed by atoms with Gasteiger partial charge in [0.1, 0.15) is 19.0 Å². The summed E-state index contributed by atoms with van der Waals surface area (Å²) in [5, 5.41) is 0. The van der Waals surface area contributed by atoms with E-state index in [4.69, 9.17) is 14.2 Å². The van der Waals surface area contributed by atoms with Gasteiger partial charge in [-0.2, -0.15) is 0 Å². The quantitative estimate of drug-likeness (QED) is 0.696. The van der Waals surface area contributed by atoms with Crippen LogP contribution in [0.25, 0.3) is 6.08 Å². The van der Waals surface area contributed by atoms with Crippen molar-refractivity contribution in [3.05, 3.63) is 59.7 Å². The van der Waals surface area contributed by atoms with Gasteiger partial charge in [-0.25, -0.2) is 0 Å². The van der Waals surface area contributed by atoms with Gasteiger partial charge in [0.15, 0.2) is 11.5 Å². The Balaban J connectivity index is 1.74. The molecule has 5 heteroatoms. The smallest absolute Gasteiger partial charge is 0.246 e. The summed E-state index contributed by atoms with van der Waals surface area (Å²) >= 11 is 0. The number of fused-ring (bicyclic) bond motifs is 1. The summed E-state index contributed by atoms with van der Waals surface area (Å²) < 4.78 is 17.0. The number of nitrogens with zero attached hydrogens (tertiary/aromatic N) is 1. The predicted octanol–water partition coefficient (Wildman–Crippen LogP) is 3.92. The Morgan fingerprint density at radius 3 is 2.74 bits per heavy atom. The SMILES string of the molecule is CCOc1ccccc1/C=C/C(=O)N(CC)Cc1cccc2c1OCCO2. The molecule has 0 aromatic heterocycles. The van der Waals surface area contributed by atoms with Crippen molar-refractivity contribution in [2.24, 2.45) is 0 Å². The number of benzene rings is 2. The van der Waals surface area contributed by atoms with Gasteiger partial charge < -0.3 is 19.1 Å². The van der Waals surface area contributed by atoms with Crippen molar-refractivity contribution < 1.29 is 19.0 Å². The van der Waals surface area contributed by atoms with Gasteiger partial charge in [-0.3, -0.25) is 4.79 Å². The standard InChI is InChI=1S/C22H25NO4/c1-3-23(16-18-9-7-11-20-22(18)27-15-14-26-20)21(24)13-12-17-8-5-6-10-19(17)25-4-2/h5-13H,3-4,14-16H2,1-2H3/b13-12+. The molecule has 0 N–H and O–H groups in total. The molecule has 0 radical (unpaired) electrons. The third-order valence-corrected chi connectivity index (χ3v) is 4.33. The van der Waals surface area contributed by atoms with E-state index in [1.165, 1.54) is 0 Å². The lowest BCUT2D eigenvalue weighted by atomic mass is 10.1. The molecular formula is C22H25NO4. The third kappa shape index (κ3) is 4.61. The van der Waals surface area contributed by atoms with Crippen LogP contribution in [0.1, 0.15) is 25.0 Å². The number of likely N-dealkylation sites (N-methyl/N-ethyl adjacent to an activating group) is 1. The maximum absolute atomic E-state index is 12.7. The van der Waals surface area contributed by atoms with Gasteiger partial charge in [-0.1, -0.05) is 30.3 Å². The van der Waals surface area contributed by atoms with Crippen molar-refractivity contribution in [1.82, 2.24) is 4.90 Å². The zero-order valence-electron chi connectivity index (χ0n) is 15.8. The molecule has 1 amide bonds. The lowest BCUT2D eigenvalue weighted by molar-refractivity contribution is -0.126. The first kappa shape index (κ1) is 18.8. The second-order valence-electron chi connectivity index (χ2n) is 6.10. The highest BCUT2D eigenvalue weighted by atomic mass is 16.6. The van der Waals surface area contributed by atoms with Crippen molar-refractivity contribution in [1.29, 1.82) is 0 Å². The van der Waals surface area contributed by atoms with Gasteiger partial charge in [0, 0.05) is 30.3 Å². The molecule has 1 heterocycles. The minimum absolute atomic E-state index is 0.0573. The van der Waals surface area contributed by atoms with Gasteiger partial charge in [0.2, 0.25) is 5.91 Å². The molecule has 142 valence electrons. The molecule has 0 atom stereocenters. The summed E-state index contributed by atoms with van der Waals surface area (Å²) in [6, 6.07) is 13.5. The second kappa shape index (κ2) is 9.12. The summed E-state index contributed by atoms with van der Waals surface area (Å²) in [5.74, 6) is 2.19. The lowest BCUT2D eigenvalue weighted by Gasteiger charge is -2.24. The van der Waals surface area contributed by atoms with E-state index in [0.29, 0.717) is 32.9 Å². The zero-order valence-corrected chi connectivity index (χ0v) is 15.8. The van der Waals surface area contributed by atoms with E-state index >= 15 is 0 Å². The number of ether oxygens (including phenoxy) is 3. The van der Waals surface area contributed by atoms with Gasteiger partial charge in [-0.15, -0.1) is 0 Å². The third-order valence-electron chi connectivity index (χ3n) is 4.33. The molecule has 3 rings (SSSR count). The van der Waals surface area contributed by atoms with Crippen LogP contribution in [0.2, 0.25) is 0 Å². The first-order chi connectivity index (χ1) is 13.2. The molecule has 0 unspecified atom stereocenters. The number of para-hydroxylation sites is 2. The van der Waals surface area contributed by atoms with Crippen LogP contribution in [0.3, 0.4) is 0 Å². The maximum atomic E-state index is 12.7. The minimum atomic E-state index is -0.0573. The summed E-state index contributed by atoms with van der Waals surface area (Å²) in [6.45, 7) is 6.64. The van der Waals surface area contributed by atoms with Gasteiger partial charge in [-0.05, 0) is 32.1 Å². The molecule has 5 nitrogen and oxygen atoms in total. The fraction of sp³-hybridized carbons (Fsp3) is 0.318. The zero-order chi connectivity index (χ0) is 19.1. The van der Waals surface area contributed by atoms with E-state index in [0.717, 1.165) is 28.4 Å². The molecule has 2 aromatic rings. The highest BCUT2D eigenvalue weighted by Crippen LogP contribution is 2.34. The number of carbonyl (C=O) groups is 1. The van der Waals surface area contributed by atoms with E-state index in [1.807, 2.05) is 56.3 Å². The van der Waals surface area contributed by atoms with Crippen LogP contribution < -0.4 is 14.2 Å². The Bertz CT molecular complexity index is 816. The summed E-state index contributed by atoms with van der Waals surface area (Å²) in [4.78, 5) is 14.5. The molecule has 0 bridgehead atoms. The van der Waals surface area contributed by atoms with E-state index in [2.05, 4.69) is 0 Å². The topological polar surface area (TPSA) is 48.0 Å². The largest absolute Gasteiger partial charge is 0.493 e. The number of rotatable bonds is 7. The summed E-state index contributed by atoms with van der Waals surface area (Å²) in [5.41, 5.74) is 1.84. The van der Waals surface area contributed by atoms with Crippen LogP contribution in [-0.4, -0.2) is 37.2 Å². The summed E-state index contributed by atoms with van der Waals surface area (Å²) in [7, 11) is 0. The van der Waals surface area contributed by atoms with Crippen LogP contribution in [0.15, 0.2) is 48.5 Å². The van der Waals surface area contributed by atoms with Crippen LogP contribution in [0.5, 0.6) is 17.2 Å². The van der Waals surface area contributed by atoms with E-state index in [-0.39, 0.29) is 5.91 Å². The molecule has 1 aliphatic rings. The van der Waals surface area contributed by atoms with Gasteiger partial charge in [0.05, 0.1) is 6.61 Å². The van der Waals surface area contributed by atoms with Crippen LogP contribution in [0.4, 0.5) is 0 Å². The Labute approximate surface area is 160 Å². The average Bonchev–Trinajstić information content (AvgIpc) is 2.71. The molecule has 0 saturated carbocycles. The maximum Gasteiger partial charge on any atom is 0.246 e. The lowest BCUT2D eigenvalue weighted by Crippen LogP contribution is -2.29. The predicted molar refractivity (Wildman–Crippen MR) is 105 cm³/mol. The Morgan fingerprint density at radius 2 is 1.93 bits per heavy atom. The number of amides is 1. The average molecular weight is 367 g/mol. The molecule has 27 heavy (non-hydrogen) atoms. The second-order valence-corrected chi connectivity index (χ2v) is 6.10. The van der Waals surface area contributed by atoms with Crippen molar-refractivity contribution in [3.63, 3.8) is 0 Å². The molecule has 0 aliphatic carbocycles. The van der Waals surface area contributed by atoms with Crippen molar-refractivity contribution >= 4 is 12.0 Å². The van der Waals surface area contributed by atoms with E-state index in [9.17, 15) is 4.79 Å². The number of carbonyl (C=O) groups excluding carboxylic acids is 1. The Kier molecular flexibility index (Phi) is 6.36. The van der Waals surface area contributed by atoms with Crippen LogP contribution in [0, 0.1) is 0 Å². The normalized spacial score (nSPS) is 12.8. The van der Waals surface area contributed by atoms with E-state index < -0.39 is 0 Å². The molecule has 0 fully saturated rings. The molecule has 0 saturated heterocycles.